The molecule has 0 radical (unpaired) electrons. The average Bonchev–Trinajstić information content (AvgIpc) is 2.65. The summed E-state index contributed by atoms with van der Waals surface area (Å²) in [5.41, 5.74) is 6.87. The van der Waals surface area contributed by atoms with Gasteiger partial charge >= 0.3 is 0 Å². The van der Waals surface area contributed by atoms with Crippen molar-refractivity contribution in [2.24, 2.45) is 5.73 Å². The topological polar surface area (TPSA) is 56.3 Å². The quantitative estimate of drug-likeness (QED) is 0.687. The highest BCUT2D eigenvalue weighted by molar-refractivity contribution is 5.02. The number of nitrogens with zero attached hydrogens (tertiary/aromatic N) is 3. The molecule has 0 aliphatic rings. The fraction of sp³-hybridized carbons (Fsp3) is 0.727. The average molecular weight is 226 g/mol. The molecule has 1 rings (SSSR count). The van der Waals surface area contributed by atoms with Crippen LogP contribution in [0.2, 0.25) is 0 Å². The zero-order chi connectivity index (χ0) is 12.0. The maximum Gasteiger partial charge on any atom is 0.0949 e. The lowest BCUT2D eigenvalue weighted by atomic mass is 10.3. The van der Waals surface area contributed by atoms with Gasteiger partial charge in [-0.3, -0.25) is 0 Å². The normalized spacial score (nSPS) is 13.3. The van der Waals surface area contributed by atoms with E-state index in [4.69, 9.17) is 10.5 Å². The van der Waals surface area contributed by atoms with Gasteiger partial charge in [0.25, 0.3) is 0 Å². The summed E-state index contributed by atoms with van der Waals surface area (Å²) in [5, 5.41) is 0. The van der Waals surface area contributed by atoms with Crippen LogP contribution in [0.1, 0.15) is 18.7 Å². The van der Waals surface area contributed by atoms with Crippen molar-refractivity contribution >= 4 is 0 Å². The molecule has 0 aliphatic heterocycles. The number of ether oxygens (including phenoxy) is 1. The molecule has 1 heterocycles. The first-order valence-corrected chi connectivity index (χ1v) is 5.59. The van der Waals surface area contributed by atoms with Crippen molar-refractivity contribution < 1.29 is 4.74 Å². The van der Waals surface area contributed by atoms with Gasteiger partial charge in [0, 0.05) is 25.3 Å². The summed E-state index contributed by atoms with van der Waals surface area (Å²) in [6.45, 7) is 5.17. The third-order valence-corrected chi connectivity index (χ3v) is 2.37. The van der Waals surface area contributed by atoms with Crippen molar-refractivity contribution in [2.75, 3.05) is 33.9 Å². The lowest BCUT2D eigenvalue weighted by Gasteiger charge is -2.12. The lowest BCUT2D eigenvalue weighted by molar-refractivity contribution is 0.110. The summed E-state index contributed by atoms with van der Waals surface area (Å²) in [5.74, 6) is 0. The monoisotopic (exact) mass is 226 g/mol. The van der Waals surface area contributed by atoms with Gasteiger partial charge in [-0.15, -0.1) is 0 Å². The van der Waals surface area contributed by atoms with E-state index in [2.05, 4.69) is 9.88 Å². The molecule has 1 aromatic heterocycles. The minimum Gasteiger partial charge on any atom is -0.378 e. The van der Waals surface area contributed by atoms with Gasteiger partial charge in [0.1, 0.15) is 0 Å². The molecule has 0 fully saturated rings. The van der Waals surface area contributed by atoms with Crippen LogP contribution < -0.4 is 5.73 Å². The second kappa shape index (κ2) is 6.62. The van der Waals surface area contributed by atoms with E-state index in [1.165, 1.54) is 0 Å². The molecule has 0 unspecified atom stereocenters. The van der Waals surface area contributed by atoms with Crippen molar-refractivity contribution in [3.05, 3.63) is 18.2 Å². The van der Waals surface area contributed by atoms with Crippen molar-refractivity contribution in [3.8, 4) is 0 Å². The summed E-state index contributed by atoms with van der Waals surface area (Å²) >= 11 is 0. The molecule has 5 heteroatoms. The van der Waals surface area contributed by atoms with Crippen LogP contribution in [0.3, 0.4) is 0 Å². The predicted molar refractivity (Wildman–Crippen MR) is 64.2 cm³/mol. The third kappa shape index (κ3) is 4.30. The molecule has 92 valence electrons. The zero-order valence-corrected chi connectivity index (χ0v) is 10.4. The Labute approximate surface area is 97.2 Å². The van der Waals surface area contributed by atoms with Crippen LogP contribution in [0.25, 0.3) is 0 Å². The highest BCUT2D eigenvalue weighted by Crippen LogP contribution is 2.07. The van der Waals surface area contributed by atoms with Gasteiger partial charge in [0.2, 0.25) is 0 Å². The van der Waals surface area contributed by atoms with Crippen molar-refractivity contribution in [2.45, 2.75) is 19.5 Å². The highest BCUT2D eigenvalue weighted by Gasteiger charge is 2.05. The van der Waals surface area contributed by atoms with E-state index in [1.54, 1.807) is 6.33 Å². The number of hydrogen-bond acceptors (Lipinski definition) is 4. The second-order valence-electron chi connectivity index (χ2n) is 4.22. The molecule has 0 amide bonds. The molecule has 16 heavy (non-hydrogen) atoms. The molecule has 1 aromatic rings. The summed E-state index contributed by atoms with van der Waals surface area (Å²) in [6.07, 6.45) is 3.61. The maximum atomic E-state index is 5.82. The molecule has 5 nitrogen and oxygen atoms in total. The van der Waals surface area contributed by atoms with Gasteiger partial charge in [-0.25, -0.2) is 4.98 Å². The van der Waals surface area contributed by atoms with Gasteiger partial charge in [-0.1, -0.05) is 0 Å². The van der Waals surface area contributed by atoms with Crippen molar-refractivity contribution in [1.29, 1.82) is 0 Å². The molecule has 0 saturated carbocycles. The molecule has 0 aliphatic carbocycles. The Bertz CT molecular complexity index is 296. The molecule has 0 saturated heterocycles. The Morgan fingerprint density at radius 1 is 1.50 bits per heavy atom. The minimum absolute atomic E-state index is 0.0178. The molecular weight excluding hydrogens is 204 g/mol. The fourth-order valence-corrected chi connectivity index (χ4v) is 1.41. The summed E-state index contributed by atoms with van der Waals surface area (Å²) < 4.78 is 7.56. The largest absolute Gasteiger partial charge is 0.378 e. The standard InChI is InChI=1S/C11H22N4O/c1-10(12)11-8-13-9-15(11)5-7-16-6-4-14(2)3/h8-10H,4-7,12H2,1-3H3/t10-/m1/s1. The second-order valence-corrected chi connectivity index (χ2v) is 4.22. The van der Waals surface area contributed by atoms with Crippen LogP contribution in [0, 0.1) is 0 Å². The van der Waals surface area contributed by atoms with Crippen LogP contribution in [-0.2, 0) is 11.3 Å². The lowest BCUT2D eigenvalue weighted by Crippen LogP contribution is -2.20. The fourth-order valence-electron chi connectivity index (χ4n) is 1.41. The molecule has 2 N–H and O–H groups in total. The predicted octanol–water partition coefficient (Wildman–Crippen LogP) is 0.481. The van der Waals surface area contributed by atoms with Crippen molar-refractivity contribution in [1.82, 2.24) is 14.5 Å². The number of nitrogens with two attached hydrogens (primary N) is 1. The third-order valence-electron chi connectivity index (χ3n) is 2.37. The number of rotatable bonds is 7. The number of imidazole rings is 1. The van der Waals surface area contributed by atoms with Gasteiger partial charge in [0.15, 0.2) is 0 Å². The first-order chi connectivity index (χ1) is 7.61. The molecular formula is C11H22N4O. The first kappa shape index (κ1) is 13.2. The Morgan fingerprint density at radius 3 is 2.88 bits per heavy atom. The molecule has 0 bridgehead atoms. The van der Waals surface area contributed by atoms with E-state index in [0.29, 0.717) is 6.61 Å². The molecule has 0 aromatic carbocycles. The van der Waals surface area contributed by atoms with Gasteiger partial charge in [0.05, 0.1) is 25.2 Å². The van der Waals surface area contributed by atoms with E-state index in [-0.39, 0.29) is 6.04 Å². The summed E-state index contributed by atoms with van der Waals surface area (Å²) in [7, 11) is 4.07. The summed E-state index contributed by atoms with van der Waals surface area (Å²) in [6, 6.07) is 0.0178. The van der Waals surface area contributed by atoms with Crippen molar-refractivity contribution in [3.63, 3.8) is 0 Å². The number of hydrogen-bond donors (Lipinski definition) is 1. The van der Waals surface area contributed by atoms with Crippen LogP contribution in [0.5, 0.6) is 0 Å². The van der Waals surface area contributed by atoms with Gasteiger partial charge in [-0.05, 0) is 21.0 Å². The van der Waals surface area contributed by atoms with Crippen LogP contribution in [-0.4, -0.2) is 48.3 Å². The smallest absolute Gasteiger partial charge is 0.0949 e. The molecule has 1 atom stereocenters. The number of likely N-dealkylation sites (N-methyl/N-ethyl adjacent to an activating group) is 1. The Morgan fingerprint density at radius 2 is 2.25 bits per heavy atom. The minimum atomic E-state index is 0.0178. The van der Waals surface area contributed by atoms with E-state index in [1.807, 2.05) is 31.8 Å². The maximum absolute atomic E-state index is 5.82. The Hall–Kier alpha value is -0.910. The van der Waals surface area contributed by atoms with Crippen LogP contribution in [0.4, 0.5) is 0 Å². The SMILES string of the molecule is C[C@@H](N)c1cncn1CCOCCN(C)C. The van der Waals surface area contributed by atoms with E-state index < -0.39 is 0 Å². The molecule has 0 spiro atoms. The van der Waals surface area contributed by atoms with Gasteiger partial charge < -0.3 is 19.9 Å². The Balaban J connectivity index is 2.24. The van der Waals surface area contributed by atoms with Crippen LogP contribution in [0.15, 0.2) is 12.5 Å². The Kier molecular flexibility index (Phi) is 5.45. The number of aromatic nitrogens is 2. The zero-order valence-electron chi connectivity index (χ0n) is 10.4. The van der Waals surface area contributed by atoms with E-state index >= 15 is 0 Å². The van der Waals surface area contributed by atoms with E-state index in [9.17, 15) is 0 Å². The van der Waals surface area contributed by atoms with E-state index in [0.717, 1.165) is 25.4 Å². The van der Waals surface area contributed by atoms with Gasteiger partial charge in [-0.2, -0.15) is 0 Å². The highest BCUT2D eigenvalue weighted by atomic mass is 16.5. The first-order valence-electron chi connectivity index (χ1n) is 5.59. The summed E-state index contributed by atoms with van der Waals surface area (Å²) in [4.78, 5) is 6.19. The van der Waals surface area contributed by atoms with Crippen LogP contribution >= 0.6 is 0 Å².